The summed E-state index contributed by atoms with van der Waals surface area (Å²) in [7, 11) is 0. The second kappa shape index (κ2) is 4.51. The van der Waals surface area contributed by atoms with Crippen molar-refractivity contribution in [3.63, 3.8) is 0 Å². The molecule has 2 heterocycles. The molecule has 2 N–H and O–H groups in total. The third-order valence-corrected chi connectivity index (χ3v) is 3.25. The predicted octanol–water partition coefficient (Wildman–Crippen LogP) is 2.14. The highest BCUT2D eigenvalue weighted by Crippen LogP contribution is 2.24. The molecule has 0 amide bonds. The number of imidazole rings is 1. The zero-order valence-electron chi connectivity index (χ0n) is 9.67. The summed E-state index contributed by atoms with van der Waals surface area (Å²) in [5, 5.41) is 11.5. The Morgan fingerprint density at radius 1 is 1.42 bits per heavy atom. The molecule has 19 heavy (non-hydrogen) atoms. The Kier molecular flexibility index (Phi) is 2.83. The van der Waals surface area contributed by atoms with E-state index in [4.69, 9.17) is 5.11 Å². The van der Waals surface area contributed by atoms with Gasteiger partial charge in [0.1, 0.15) is 11.1 Å². The third kappa shape index (κ3) is 2.01. The van der Waals surface area contributed by atoms with Crippen LogP contribution in [0.2, 0.25) is 0 Å². The molecule has 0 aliphatic carbocycles. The number of nitrogens with one attached hydrogen (secondary N) is 1. The van der Waals surface area contributed by atoms with E-state index in [-0.39, 0.29) is 6.54 Å². The molecule has 6 nitrogen and oxygen atoms in total. The van der Waals surface area contributed by atoms with E-state index in [0.717, 1.165) is 15.6 Å². The number of carboxylic acids is 1. The van der Waals surface area contributed by atoms with Gasteiger partial charge in [0.25, 0.3) is 0 Å². The molecule has 0 atom stereocenters. The van der Waals surface area contributed by atoms with Crippen LogP contribution in [0.25, 0.3) is 16.7 Å². The standard InChI is InChI=1S/C12H9BrN4O2/c13-9-5-15-12-11(14-6-10(18)19)16-7-3-1-2-4-8(7)17(9)12/h1-5H,6H2,(H,14,16)(H,18,19). The number of benzene rings is 1. The van der Waals surface area contributed by atoms with Crippen LogP contribution in [0, 0.1) is 0 Å². The molecule has 2 aromatic heterocycles. The van der Waals surface area contributed by atoms with Gasteiger partial charge in [0, 0.05) is 0 Å². The van der Waals surface area contributed by atoms with E-state index in [0.29, 0.717) is 11.5 Å². The molecule has 96 valence electrons. The Hall–Kier alpha value is -2.15. The molecule has 0 unspecified atom stereocenters. The number of halogens is 1. The maximum absolute atomic E-state index is 10.7. The van der Waals surface area contributed by atoms with Gasteiger partial charge in [0.15, 0.2) is 11.5 Å². The number of aromatic nitrogens is 3. The summed E-state index contributed by atoms with van der Waals surface area (Å²) in [6.07, 6.45) is 1.66. The summed E-state index contributed by atoms with van der Waals surface area (Å²) in [6.45, 7) is -0.203. The van der Waals surface area contributed by atoms with Crippen molar-refractivity contribution in [1.82, 2.24) is 14.4 Å². The number of nitrogens with zero attached hydrogens (tertiary/aromatic N) is 3. The SMILES string of the molecule is O=C(O)CNc1nc2ccccc2n2c(Br)cnc12. The maximum atomic E-state index is 10.7. The van der Waals surface area contributed by atoms with Crippen molar-refractivity contribution in [3.8, 4) is 0 Å². The summed E-state index contributed by atoms with van der Waals surface area (Å²) in [6, 6.07) is 7.60. The highest BCUT2D eigenvalue weighted by Gasteiger charge is 2.12. The van der Waals surface area contributed by atoms with Crippen LogP contribution in [0.15, 0.2) is 35.1 Å². The zero-order chi connectivity index (χ0) is 13.4. The molecule has 0 bridgehead atoms. The van der Waals surface area contributed by atoms with Crippen molar-refractivity contribution >= 4 is 44.4 Å². The molecular weight excluding hydrogens is 312 g/mol. The average molecular weight is 321 g/mol. The van der Waals surface area contributed by atoms with Crippen molar-refractivity contribution in [2.45, 2.75) is 0 Å². The van der Waals surface area contributed by atoms with E-state index in [1.165, 1.54) is 0 Å². The van der Waals surface area contributed by atoms with Gasteiger partial charge in [0.05, 0.1) is 17.2 Å². The monoisotopic (exact) mass is 320 g/mol. The number of anilines is 1. The van der Waals surface area contributed by atoms with Gasteiger partial charge in [-0.25, -0.2) is 9.97 Å². The first kappa shape index (κ1) is 11.9. The Balaban J connectivity index is 2.27. The first-order chi connectivity index (χ1) is 9.16. The first-order valence-corrected chi connectivity index (χ1v) is 6.33. The zero-order valence-corrected chi connectivity index (χ0v) is 11.3. The van der Waals surface area contributed by atoms with Gasteiger partial charge >= 0.3 is 5.97 Å². The van der Waals surface area contributed by atoms with E-state index in [2.05, 4.69) is 31.2 Å². The lowest BCUT2D eigenvalue weighted by Gasteiger charge is -2.08. The van der Waals surface area contributed by atoms with Crippen LogP contribution in [-0.2, 0) is 4.79 Å². The Labute approximate surface area is 116 Å². The van der Waals surface area contributed by atoms with Crippen LogP contribution in [0.1, 0.15) is 0 Å². The molecule has 7 heteroatoms. The first-order valence-electron chi connectivity index (χ1n) is 5.54. The van der Waals surface area contributed by atoms with Crippen LogP contribution in [0.4, 0.5) is 5.82 Å². The van der Waals surface area contributed by atoms with E-state index in [1.54, 1.807) is 6.20 Å². The highest BCUT2D eigenvalue weighted by molar-refractivity contribution is 9.10. The van der Waals surface area contributed by atoms with Gasteiger partial charge in [-0.1, -0.05) is 12.1 Å². The number of hydrogen-bond acceptors (Lipinski definition) is 4. The minimum Gasteiger partial charge on any atom is -0.480 e. The molecule has 1 aromatic carbocycles. The molecule has 0 aliphatic rings. The van der Waals surface area contributed by atoms with Crippen LogP contribution < -0.4 is 5.32 Å². The van der Waals surface area contributed by atoms with Gasteiger partial charge < -0.3 is 10.4 Å². The number of aliphatic carboxylic acids is 1. The third-order valence-electron chi connectivity index (χ3n) is 2.69. The summed E-state index contributed by atoms with van der Waals surface area (Å²) < 4.78 is 2.67. The fourth-order valence-electron chi connectivity index (χ4n) is 1.92. The predicted molar refractivity (Wildman–Crippen MR) is 74.3 cm³/mol. The normalized spacial score (nSPS) is 11.0. The van der Waals surface area contributed by atoms with Crippen LogP contribution in [0.3, 0.4) is 0 Å². The summed E-state index contributed by atoms with van der Waals surface area (Å²) in [5.41, 5.74) is 2.26. The lowest BCUT2D eigenvalue weighted by molar-refractivity contribution is -0.134. The number of rotatable bonds is 3. The fourth-order valence-corrected chi connectivity index (χ4v) is 2.38. The number of carbonyl (C=O) groups is 1. The number of fused-ring (bicyclic) bond motifs is 3. The van der Waals surface area contributed by atoms with Crippen molar-refractivity contribution in [1.29, 1.82) is 0 Å². The molecule has 3 rings (SSSR count). The number of carboxylic acid groups (broad SMARTS) is 1. The van der Waals surface area contributed by atoms with Gasteiger partial charge in [-0.15, -0.1) is 0 Å². The number of para-hydroxylation sites is 2. The molecule has 0 saturated carbocycles. The van der Waals surface area contributed by atoms with E-state index >= 15 is 0 Å². The molecule has 3 aromatic rings. The Morgan fingerprint density at radius 3 is 3.00 bits per heavy atom. The van der Waals surface area contributed by atoms with Crippen molar-refractivity contribution in [2.75, 3.05) is 11.9 Å². The molecule has 0 spiro atoms. The summed E-state index contributed by atoms with van der Waals surface area (Å²) in [5.74, 6) is -0.495. The van der Waals surface area contributed by atoms with Gasteiger partial charge in [0.2, 0.25) is 0 Å². The van der Waals surface area contributed by atoms with E-state index in [9.17, 15) is 4.79 Å². The van der Waals surface area contributed by atoms with Crippen LogP contribution in [-0.4, -0.2) is 32.0 Å². The summed E-state index contributed by atoms with van der Waals surface area (Å²) >= 11 is 3.43. The maximum Gasteiger partial charge on any atom is 0.322 e. The molecular formula is C12H9BrN4O2. The fraction of sp³-hybridized carbons (Fsp3) is 0.0833. The van der Waals surface area contributed by atoms with Gasteiger partial charge in [-0.3, -0.25) is 9.20 Å². The quantitative estimate of drug-likeness (QED) is 0.773. The second-order valence-corrected chi connectivity index (χ2v) is 4.75. The summed E-state index contributed by atoms with van der Waals surface area (Å²) in [4.78, 5) is 19.3. The van der Waals surface area contributed by atoms with E-state index in [1.807, 2.05) is 28.7 Å². The molecule has 0 radical (unpaired) electrons. The van der Waals surface area contributed by atoms with Crippen molar-refractivity contribution < 1.29 is 9.90 Å². The minimum absolute atomic E-state index is 0.203. The van der Waals surface area contributed by atoms with Crippen molar-refractivity contribution in [2.24, 2.45) is 0 Å². The average Bonchev–Trinajstić information content (AvgIpc) is 2.79. The topological polar surface area (TPSA) is 79.5 Å². The highest BCUT2D eigenvalue weighted by atomic mass is 79.9. The Morgan fingerprint density at radius 2 is 2.21 bits per heavy atom. The van der Waals surface area contributed by atoms with Gasteiger partial charge in [-0.05, 0) is 28.1 Å². The Bertz CT molecular complexity index is 784. The molecule has 0 fully saturated rings. The smallest absolute Gasteiger partial charge is 0.322 e. The van der Waals surface area contributed by atoms with Gasteiger partial charge in [-0.2, -0.15) is 0 Å². The van der Waals surface area contributed by atoms with Crippen molar-refractivity contribution in [3.05, 3.63) is 35.1 Å². The minimum atomic E-state index is -0.946. The largest absolute Gasteiger partial charge is 0.480 e. The lowest BCUT2D eigenvalue weighted by atomic mass is 10.3. The number of hydrogen-bond donors (Lipinski definition) is 2. The second-order valence-electron chi connectivity index (χ2n) is 3.94. The molecule has 0 saturated heterocycles. The van der Waals surface area contributed by atoms with Crippen LogP contribution >= 0.6 is 15.9 Å². The molecule has 0 aliphatic heterocycles. The lowest BCUT2D eigenvalue weighted by Crippen LogP contribution is -2.14. The van der Waals surface area contributed by atoms with E-state index < -0.39 is 5.97 Å². The van der Waals surface area contributed by atoms with Crippen LogP contribution in [0.5, 0.6) is 0 Å².